The van der Waals surface area contributed by atoms with Crippen LogP contribution in [0.15, 0.2) is 16.6 Å². The summed E-state index contributed by atoms with van der Waals surface area (Å²) in [6, 6.07) is 2.54. The first-order valence-corrected chi connectivity index (χ1v) is 7.51. The molecule has 0 aliphatic heterocycles. The summed E-state index contributed by atoms with van der Waals surface area (Å²) in [7, 11) is 0. The highest BCUT2D eigenvalue weighted by Crippen LogP contribution is 2.44. The summed E-state index contributed by atoms with van der Waals surface area (Å²) in [6.07, 6.45) is 2.65. The summed E-state index contributed by atoms with van der Waals surface area (Å²) >= 11 is 3.06. The van der Waals surface area contributed by atoms with Gasteiger partial charge in [-0.2, -0.15) is 0 Å². The molecule has 0 aromatic heterocycles. The third-order valence-electron chi connectivity index (χ3n) is 4.22. The van der Waals surface area contributed by atoms with Gasteiger partial charge in [-0.05, 0) is 65.6 Å². The van der Waals surface area contributed by atoms with Gasteiger partial charge in [-0.1, -0.05) is 13.8 Å². The summed E-state index contributed by atoms with van der Waals surface area (Å²) in [5.74, 6) is -0.624. The van der Waals surface area contributed by atoms with Gasteiger partial charge in [0.25, 0.3) is 0 Å². The molecule has 0 bridgehead atoms. The Hall–Kier alpha value is -0.480. The summed E-state index contributed by atoms with van der Waals surface area (Å²) in [4.78, 5) is 0. The molecule has 19 heavy (non-hydrogen) atoms. The van der Waals surface area contributed by atoms with Crippen LogP contribution in [-0.4, -0.2) is 5.11 Å². The Morgan fingerprint density at radius 2 is 2.05 bits per heavy atom. The molecule has 1 saturated carbocycles. The van der Waals surface area contributed by atoms with E-state index in [0.29, 0.717) is 24.7 Å². The van der Waals surface area contributed by atoms with Crippen LogP contribution in [0, 0.1) is 23.5 Å². The van der Waals surface area contributed by atoms with Gasteiger partial charge in [-0.25, -0.2) is 8.78 Å². The van der Waals surface area contributed by atoms with Crippen LogP contribution >= 0.6 is 15.9 Å². The first kappa shape index (κ1) is 14.9. The Morgan fingerprint density at radius 3 is 2.68 bits per heavy atom. The molecule has 1 fully saturated rings. The highest BCUT2D eigenvalue weighted by molar-refractivity contribution is 9.10. The van der Waals surface area contributed by atoms with Gasteiger partial charge in [0.05, 0.1) is 15.6 Å². The highest BCUT2D eigenvalue weighted by atomic mass is 79.9. The number of hydrogen-bond acceptors (Lipinski definition) is 1. The van der Waals surface area contributed by atoms with Gasteiger partial charge in [-0.15, -0.1) is 0 Å². The molecular formula is C15H19BrF2O. The summed E-state index contributed by atoms with van der Waals surface area (Å²) in [5.41, 5.74) is -1.56. The van der Waals surface area contributed by atoms with Crippen molar-refractivity contribution in [1.29, 1.82) is 0 Å². The van der Waals surface area contributed by atoms with Gasteiger partial charge in [0.1, 0.15) is 11.6 Å². The Morgan fingerprint density at radius 1 is 1.37 bits per heavy atom. The third kappa shape index (κ3) is 2.84. The molecule has 1 aromatic carbocycles. The molecule has 106 valence electrons. The normalized spacial score (nSPS) is 27.8. The smallest absolute Gasteiger partial charge is 0.146 e. The first-order valence-electron chi connectivity index (χ1n) is 6.71. The van der Waals surface area contributed by atoms with Gasteiger partial charge in [-0.3, -0.25) is 0 Å². The molecule has 1 aromatic rings. The van der Waals surface area contributed by atoms with Crippen LogP contribution in [0.1, 0.15) is 45.1 Å². The monoisotopic (exact) mass is 332 g/mol. The van der Waals surface area contributed by atoms with E-state index in [2.05, 4.69) is 29.8 Å². The maximum absolute atomic E-state index is 14.2. The largest absolute Gasteiger partial charge is 0.385 e. The topological polar surface area (TPSA) is 20.2 Å². The summed E-state index contributed by atoms with van der Waals surface area (Å²) in [5, 5.41) is 10.7. The molecular weight excluding hydrogens is 314 g/mol. The molecule has 0 saturated heterocycles. The second-order valence-corrected chi connectivity index (χ2v) is 6.70. The van der Waals surface area contributed by atoms with E-state index in [-0.39, 0.29) is 10.0 Å². The fourth-order valence-corrected chi connectivity index (χ4v) is 3.37. The van der Waals surface area contributed by atoms with E-state index in [1.165, 1.54) is 12.1 Å². The van der Waals surface area contributed by atoms with E-state index in [9.17, 15) is 13.9 Å². The fourth-order valence-electron chi connectivity index (χ4n) is 3.04. The standard InChI is InChI=1S/C15H19BrF2O/c1-9(2)10-4-3-7-15(19,8-10)13-12(17)6-5-11(16)14(13)18/h5-6,9-10,19H,3-4,7-8H2,1-2H3. The highest BCUT2D eigenvalue weighted by Gasteiger charge is 2.41. The predicted octanol–water partition coefficient (Wildman–Crippen LogP) is 4.76. The zero-order valence-electron chi connectivity index (χ0n) is 11.2. The number of halogens is 3. The lowest BCUT2D eigenvalue weighted by Crippen LogP contribution is -2.36. The van der Waals surface area contributed by atoms with Crippen molar-refractivity contribution in [2.45, 2.75) is 45.1 Å². The minimum absolute atomic E-state index is 0.174. The van der Waals surface area contributed by atoms with Gasteiger partial charge < -0.3 is 5.11 Å². The zero-order valence-corrected chi connectivity index (χ0v) is 12.8. The fraction of sp³-hybridized carbons (Fsp3) is 0.600. The van der Waals surface area contributed by atoms with Crippen LogP contribution in [0.3, 0.4) is 0 Å². The van der Waals surface area contributed by atoms with Crippen LogP contribution in [-0.2, 0) is 5.60 Å². The molecule has 0 radical (unpaired) electrons. The van der Waals surface area contributed by atoms with Crippen LogP contribution in [0.2, 0.25) is 0 Å². The minimum Gasteiger partial charge on any atom is -0.385 e. The van der Waals surface area contributed by atoms with E-state index < -0.39 is 17.2 Å². The lowest BCUT2D eigenvalue weighted by atomic mass is 9.70. The maximum Gasteiger partial charge on any atom is 0.146 e. The Balaban J connectivity index is 2.42. The third-order valence-corrected chi connectivity index (χ3v) is 4.83. The molecule has 2 unspecified atom stereocenters. The van der Waals surface area contributed by atoms with Crippen LogP contribution < -0.4 is 0 Å². The predicted molar refractivity (Wildman–Crippen MR) is 74.8 cm³/mol. The number of benzene rings is 1. The van der Waals surface area contributed by atoms with E-state index >= 15 is 0 Å². The van der Waals surface area contributed by atoms with Crippen molar-refractivity contribution in [2.24, 2.45) is 11.8 Å². The molecule has 0 heterocycles. The van der Waals surface area contributed by atoms with Crippen molar-refractivity contribution in [2.75, 3.05) is 0 Å². The molecule has 0 amide bonds. The van der Waals surface area contributed by atoms with Gasteiger partial charge in [0, 0.05) is 0 Å². The first-order chi connectivity index (χ1) is 8.85. The SMILES string of the molecule is CC(C)C1CCCC(O)(c2c(F)ccc(Br)c2F)C1. The summed E-state index contributed by atoms with van der Waals surface area (Å²) in [6.45, 7) is 4.17. The Labute approximate surface area is 121 Å². The Bertz CT molecular complexity index is 475. The minimum atomic E-state index is -1.38. The number of rotatable bonds is 2. The average Bonchev–Trinajstić information content (AvgIpc) is 2.34. The Kier molecular flexibility index (Phi) is 4.31. The van der Waals surface area contributed by atoms with Crippen LogP contribution in [0.25, 0.3) is 0 Å². The van der Waals surface area contributed by atoms with Crippen molar-refractivity contribution in [1.82, 2.24) is 0 Å². The van der Waals surface area contributed by atoms with E-state index in [4.69, 9.17) is 0 Å². The lowest BCUT2D eigenvalue weighted by Gasteiger charge is -2.39. The van der Waals surface area contributed by atoms with E-state index in [1.54, 1.807) is 0 Å². The van der Waals surface area contributed by atoms with Crippen molar-refractivity contribution in [3.63, 3.8) is 0 Å². The van der Waals surface area contributed by atoms with Gasteiger partial charge >= 0.3 is 0 Å². The van der Waals surface area contributed by atoms with Gasteiger partial charge in [0.15, 0.2) is 0 Å². The number of hydrogen-bond donors (Lipinski definition) is 1. The van der Waals surface area contributed by atoms with Crippen LogP contribution in [0.4, 0.5) is 8.78 Å². The second-order valence-electron chi connectivity index (χ2n) is 5.85. The molecule has 1 aliphatic carbocycles. The maximum atomic E-state index is 14.2. The molecule has 1 nitrogen and oxygen atoms in total. The molecule has 0 spiro atoms. The van der Waals surface area contributed by atoms with E-state index in [0.717, 1.165) is 12.8 Å². The van der Waals surface area contributed by atoms with Crippen molar-refractivity contribution in [3.05, 3.63) is 33.8 Å². The van der Waals surface area contributed by atoms with Crippen molar-refractivity contribution >= 4 is 15.9 Å². The molecule has 1 N–H and O–H groups in total. The zero-order chi connectivity index (χ0) is 14.2. The van der Waals surface area contributed by atoms with Gasteiger partial charge in [0.2, 0.25) is 0 Å². The van der Waals surface area contributed by atoms with Crippen molar-refractivity contribution in [3.8, 4) is 0 Å². The van der Waals surface area contributed by atoms with Crippen LogP contribution in [0.5, 0.6) is 0 Å². The summed E-state index contributed by atoms with van der Waals surface area (Å²) < 4.78 is 28.3. The molecule has 4 heteroatoms. The quantitative estimate of drug-likeness (QED) is 0.774. The molecule has 2 rings (SSSR count). The second kappa shape index (κ2) is 5.49. The number of aliphatic hydroxyl groups is 1. The van der Waals surface area contributed by atoms with E-state index in [1.807, 2.05) is 0 Å². The lowest BCUT2D eigenvalue weighted by molar-refractivity contribution is -0.0350. The van der Waals surface area contributed by atoms with Crippen molar-refractivity contribution < 1.29 is 13.9 Å². The molecule has 2 atom stereocenters. The molecule has 1 aliphatic rings. The average molecular weight is 333 g/mol.